The summed E-state index contributed by atoms with van der Waals surface area (Å²) in [6.45, 7) is 1.76. The number of amides is 1. The maximum Gasteiger partial charge on any atom is 0.224 e. The van der Waals surface area contributed by atoms with Crippen LogP contribution >= 0.6 is 11.8 Å². The third-order valence-corrected chi connectivity index (χ3v) is 4.77. The molecule has 0 atom stereocenters. The van der Waals surface area contributed by atoms with Crippen molar-refractivity contribution in [3.8, 4) is 0 Å². The first-order chi connectivity index (χ1) is 9.75. The van der Waals surface area contributed by atoms with Crippen LogP contribution in [0.5, 0.6) is 0 Å². The number of rotatable bonds is 6. The van der Waals surface area contributed by atoms with Gasteiger partial charge in [0.1, 0.15) is 0 Å². The highest BCUT2D eigenvalue weighted by atomic mass is 32.2. The number of thioether (sulfide) groups is 1. The molecule has 5 heteroatoms. The van der Waals surface area contributed by atoms with Crippen molar-refractivity contribution in [1.29, 1.82) is 0 Å². The Morgan fingerprint density at radius 1 is 1.35 bits per heavy atom. The Kier molecular flexibility index (Phi) is 6.21. The molecule has 0 radical (unpaired) electrons. The molecule has 3 N–H and O–H groups in total. The third-order valence-electron chi connectivity index (χ3n) is 3.30. The number of hydrogen-bond acceptors (Lipinski definition) is 4. The van der Waals surface area contributed by atoms with Gasteiger partial charge in [0.15, 0.2) is 0 Å². The number of benzene rings is 1. The number of anilines is 2. The van der Waals surface area contributed by atoms with E-state index < -0.39 is 0 Å². The summed E-state index contributed by atoms with van der Waals surface area (Å²) in [5, 5.41) is 3.56. The van der Waals surface area contributed by atoms with Crippen molar-refractivity contribution in [1.82, 2.24) is 0 Å². The van der Waals surface area contributed by atoms with Crippen molar-refractivity contribution in [2.45, 2.75) is 30.9 Å². The predicted octanol–water partition coefficient (Wildman–Crippen LogP) is 2.90. The predicted molar refractivity (Wildman–Crippen MR) is 85.0 cm³/mol. The molecule has 20 heavy (non-hydrogen) atoms. The molecule has 0 aliphatic carbocycles. The molecular formula is C15H22N2O2S. The molecule has 0 spiro atoms. The van der Waals surface area contributed by atoms with Crippen LogP contribution in [0.25, 0.3) is 0 Å². The Morgan fingerprint density at radius 2 is 2.10 bits per heavy atom. The van der Waals surface area contributed by atoms with Gasteiger partial charge < -0.3 is 15.8 Å². The first kappa shape index (κ1) is 15.2. The summed E-state index contributed by atoms with van der Waals surface area (Å²) in [6.07, 6.45) is 3.72. The van der Waals surface area contributed by atoms with Crippen LogP contribution in [0.3, 0.4) is 0 Å². The molecule has 0 bridgehead atoms. The van der Waals surface area contributed by atoms with E-state index in [-0.39, 0.29) is 5.91 Å². The minimum absolute atomic E-state index is 0.0375. The van der Waals surface area contributed by atoms with Crippen LogP contribution in [-0.4, -0.2) is 30.1 Å². The van der Waals surface area contributed by atoms with Gasteiger partial charge in [-0.1, -0.05) is 12.1 Å². The lowest BCUT2D eigenvalue weighted by molar-refractivity contribution is -0.116. The number of nitrogens with one attached hydrogen (secondary N) is 1. The van der Waals surface area contributed by atoms with Gasteiger partial charge >= 0.3 is 0 Å². The average Bonchev–Trinajstić information content (AvgIpc) is 2.47. The molecule has 1 aliphatic heterocycles. The Labute approximate surface area is 124 Å². The lowest BCUT2D eigenvalue weighted by Crippen LogP contribution is -2.18. The van der Waals surface area contributed by atoms with Gasteiger partial charge in [0.05, 0.1) is 11.4 Å². The van der Waals surface area contributed by atoms with Gasteiger partial charge in [-0.3, -0.25) is 4.79 Å². The highest BCUT2D eigenvalue weighted by Crippen LogP contribution is 2.23. The summed E-state index contributed by atoms with van der Waals surface area (Å²) in [5.41, 5.74) is 7.10. The highest BCUT2D eigenvalue weighted by Gasteiger charge is 2.13. The summed E-state index contributed by atoms with van der Waals surface area (Å²) in [4.78, 5) is 11.8. The van der Waals surface area contributed by atoms with Crippen molar-refractivity contribution in [3.63, 3.8) is 0 Å². The fourth-order valence-corrected chi connectivity index (χ4v) is 3.32. The van der Waals surface area contributed by atoms with E-state index in [1.807, 2.05) is 30.0 Å². The van der Waals surface area contributed by atoms with Crippen LogP contribution in [0.1, 0.15) is 25.7 Å². The highest BCUT2D eigenvalue weighted by molar-refractivity contribution is 7.99. The Hall–Kier alpha value is -1.20. The number of carbonyl (C=O) groups excluding carboxylic acids is 1. The first-order valence-corrected chi connectivity index (χ1v) is 8.14. The number of ether oxygens (including phenoxy) is 1. The summed E-state index contributed by atoms with van der Waals surface area (Å²) in [7, 11) is 0. The maximum atomic E-state index is 11.8. The second-order valence-electron chi connectivity index (χ2n) is 4.92. The summed E-state index contributed by atoms with van der Waals surface area (Å²) in [5.74, 6) is 1.07. The largest absolute Gasteiger partial charge is 0.397 e. The molecular weight excluding hydrogens is 272 g/mol. The zero-order valence-corrected chi connectivity index (χ0v) is 12.5. The van der Waals surface area contributed by atoms with E-state index >= 15 is 0 Å². The van der Waals surface area contributed by atoms with Gasteiger partial charge in [0.25, 0.3) is 0 Å². The minimum Gasteiger partial charge on any atom is -0.397 e. The second kappa shape index (κ2) is 8.17. The average molecular weight is 294 g/mol. The molecule has 1 aromatic rings. The van der Waals surface area contributed by atoms with Crippen LogP contribution in [0.15, 0.2) is 24.3 Å². The van der Waals surface area contributed by atoms with Gasteiger partial charge in [0.2, 0.25) is 5.91 Å². The lowest BCUT2D eigenvalue weighted by Gasteiger charge is -2.21. The molecule has 110 valence electrons. The summed E-state index contributed by atoms with van der Waals surface area (Å²) in [6, 6.07) is 7.34. The van der Waals surface area contributed by atoms with Gasteiger partial charge in [-0.2, -0.15) is 11.8 Å². The zero-order chi connectivity index (χ0) is 14.2. The van der Waals surface area contributed by atoms with Crippen molar-refractivity contribution < 1.29 is 9.53 Å². The van der Waals surface area contributed by atoms with Gasteiger partial charge in [0, 0.05) is 24.9 Å². The molecule has 0 aromatic heterocycles. The third kappa shape index (κ3) is 5.06. The normalized spacial score (nSPS) is 16.0. The Balaban J connectivity index is 1.61. The fraction of sp³-hybridized carbons (Fsp3) is 0.533. The van der Waals surface area contributed by atoms with E-state index in [0.717, 1.165) is 38.2 Å². The Morgan fingerprint density at radius 3 is 2.85 bits per heavy atom. The van der Waals surface area contributed by atoms with Gasteiger partial charge in [-0.15, -0.1) is 0 Å². The standard InChI is InChI=1S/C15H22N2O2S/c16-13-4-1-2-5-14(13)17-15(18)6-3-11-20-12-7-9-19-10-8-12/h1-2,4-5,12H,3,6-11,16H2,(H,17,18). The number of para-hydroxylation sites is 2. The molecule has 1 fully saturated rings. The molecule has 0 unspecified atom stereocenters. The van der Waals surface area contributed by atoms with Crippen molar-refractivity contribution in [3.05, 3.63) is 24.3 Å². The number of nitrogens with two attached hydrogens (primary N) is 1. The second-order valence-corrected chi connectivity index (χ2v) is 6.33. The van der Waals surface area contributed by atoms with Crippen LogP contribution in [0, 0.1) is 0 Å². The molecule has 2 rings (SSSR count). The maximum absolute atomic E-state index is 11.8. The van der Waals surface area contributed by atoms with E-state index in [9.17, 15) is 4.79 Å². The van der Waals surface area contributed by atoms with Crippen molar-refractivity contribution in [2.75, 3.05) is 30.0 Å². The molecule has 1 aromatic carbocycles. The van der Waals surface area contributed by atoms with Gasteiger partial charge in [-0.25, -0.2) is 0 Å². The van der Waals surface area contributed by atoms with Crippen LogP contribution in [0.2, 0.25) is 0 Å². The minimum atomic E-state index is 0.0375. The molecule has 1 aliphatic rings. The molecule has 1 amide bonds. The summed E-state index contributed by atoms with van der Waals surface area (Å²) >= 11 is 1.96. The topological polar surface area (TPSA) is 64.3 Å². The van der Waals surface area contributed by atoms with Crippen LogP contribution in [0.4, 0.5) is 11.4 Å². The van der Waals surface area contributed by atoms with E-state index in [0.29, 0.717) is 23.0 Å². The number of carbonyl (C=O) groups is 1. The zero-order valence-electron chi connectivity index (χ0n) is 11.6. The molecule has 1 heterocycles. The van der Waals surface area contributed by atoms with E-state index in [1.54, 1.807) is 6.07 Å². The van der Waals surface area contributed by atoms with Crippen LogP contribution in [-0.2, 0) is 9.53 Å². The lowest BCUT2D eigenvalue weighted by atomic mass is 10.2. The SMILES string of the molecule is Nc1ccccc1NC(=O)CCCSC1CCOCC1. The first-order valence-electron chi connectivity index (χ1n) is 7.09. The smallest absolute Gasteiger partial charge is 0.224 e. The van der Waals surface area contributed by atoms with E-state index in [2.05, 4.69) is 5.32 Å². The van der Waals surface area contributed by atoms with E-state index in [1.165, 1.54) is 0 Å². The van der Waals surface area contributed by atoms with Crippen LogP contribution < -0.4 is 11.1 Å². The quantitative estimate of drug-likeness (QED) is 0.625. The van der Waals surface area contributed by atoms with Crippen molar-refractivity contribution >= 4 is 29.0 Å². The molecule has 0 saturated carbocycles. The van der Waals surface area contributed by atoms with Gasteiger partial charge in [-0.05, 0) is 37.1 Å². The Bertz CT molecular complexity index is 434. The monoisotopic (exact) mass is 294 g/mol. The number of hydrogen-bond donors (Lipinski definition) is 2. The number of nitrogen functional groups attached to an aromatic ring is 1. The van der Waals surface area contributed by atoms with Crippen molar-refractivity contribution in [2.24, 2.45) is 0 Å². The fourth-order valence-electron chi connectivity index (χ4n) is 2.15. The summed E-state index contributed by atoms with van der Waals surface area (Å²) < 4.78 is 5.33. The van der Waals surface area contributed by atoms with E-state index in [4.69, 9.17) is 10.5 Å². The molecule has 1 saturated heterocycles. The molecule has 4 nitrogen and oxygen atoms in total.